The quantitative estimate of drug-likeness (QED) is 0.355. The van der Waals surface area contributed by atoms with E-state index in [2.05, 4.69) is 0 Å². The van der Waals surface area contributed by atoms with E-state index in [-0.39, 0.29) is 23.9 Å². The summed E-state index contributed by atoms with van der Waals surface area (Å²) in [5, 5.41) is 9.48. The largest absolute Gasteiger partial charge is 0.497 e. The van der Waals surface area contributed by atoms with Crippen LogP contribution in [0.25, 0.3) is 22.0 Å². The van der Waals surface area contributed by atoms with Crippen molar-refractivity contribution in [1.29, 1.82) is 0 Å². The summed E-state index contributed by atoms with van der Waals surface area (Å²) in [6.07, 6.45) is -4.06. The summed E-state index contributed by atoms with van der Waals surface area (Å²) in [6, 6.07) is 15.6. The van der Waals surface area contributed by atoms with Crippen molar-refractivity contribution < 1.29 is 36.2 Å². The monoisotopic (exact) mass is 503 g/mol. The minimum atomic E-state index is -4.94. The average Bonchev–Trinajstić information content (AvgIpc) is 3.21. The van der Waals surface area contributed by atoms with Crippen LogP contribution in [-0.4, -0.2) is 30.6 Å². The molecule has 1 N–H and O–H groups in total. The number of carboxylic acid groups (broad SMARTS) is 1. The predicted molar refractivity (Wildman–Crippen MR) is 124 cm³/mol. The number of nitrogens with zero attached hydrogens (tertiary/aromatic N) is 1. The van der Waals surface area contributed by atoms with E-state index in [4.69, 9.17) is 9.84 Å². The highest BCUT2D eigenvalue weighted by Gasteiger charge is 2.40. The summed E-state index contributed by atoms with van der Waals surface area (Å²) in [5.41, 5.74) is -0.608. The summed E-state index contributed by atoms with van der Waals surface area (Å²) in [7, 11) is -3.37. The molecular formula is C25H20F3NO5S. The van der Waals surface area contributed by atoms with Crippen molar-refractivity contribution in [3.8, 4) is 16.9 Å². The van der Waals surface area contributed by atoms with Crippen LogP contribution >= 0.6 is 0 Å². The SMILES string of the molecule is COc1ccc2c(c1)c(CCC(=O)O)cn2S(=O)(=O)c1c(-c2ccccc2)cccc1C(F)(F)F. The number of rotatable bonds is 7. The molecule has 0 saturated carbocycles. The lowest BCUT2D eigenvalue weighted by Crippen LogP contribution is -2.19. The lowest BCUT2D eigenvalue weighted by molar-refractivity contribution is -0.140. The number of aliphatic carboxylic acids is 1. The Bertz CT molecular complexity index is 1510. The van der Waals surface area contributed by atoms with E-state index in [1.807, 2.05) is 0 Å². The van der Waals surface area contributed by atoms with Crippen LogP contribution in [0.4, 0.5) is 13.2 Å². The molecule has 0 saturated heterocycles. The average molecular weight is 503 g/mol. The first-order valence-electron chi connectivity index (χ1n) is 10.4. The van der Waals surface area contributed by atoms with Crippen molar-refractivity contribution in [2.45, 2.75) is 23.9 Å². The predicted octanol–water partition coefficient (Wildman–Crippen LogP) is 5.59. The zero-order valence-electron chi connectivity index (χ0n) is 18.4. The highest BCUT2D eigenvalue weighted by molar-refractivity contribution is 7.90. The van der Waals surface area contributed by atoms with Gasteiger partial charge in [-0.3, -0.25) is 4.79 Å². The molecule has 182 valence electrons. The topological polar surface area (TPSA) is 85.6 Å². The van der Waals surface area contributed by atoms with Crippen LogP contribution in [0.15, 0.2) is 77.8 Å². The standard InChI is InChI=1S/C25H20F3NO5S/c1-34-18-11-12-22-20(14-18)17(10-13-23(30)31)15-29(22)35(32,33)24-19(16-6-3-2-4-7-16)8-5-9-21(24)25(26,27)28/h2-9,11-12,14-15H,10,13H2,1H3,(H,30,31). The maximum atomic E-state index is 14.1. The molecule has 1 aromatic heterocycles. The molecule has 0 aliphatic rings. The van der Waals surface area contributed by atoms with Gasteiger partial charge in [0.2, 0.25) is 0 Å². The molecule has 4 aromatic rings. The molecule has 0 bridgehead atoms. The molecule has 0 spiro atoms. The number of hydrogen-bond acceptors (Lipinski definition) is 4. The van der Waals surface area contributed by atoms with Crippen molar-refractivity contribution in [1.82, 2.24) is 3.97 Å². The third-order valence-electron chi connectivity index (χ3n) is 5.59. The van der Waals surface area contributed by atoms with Crippen LogP contribution < -0.4 is 4.74 Å². The van der Waals surface area contributed by atoms with E-state index in [9.17, 15) is 26.4 Å². The first kappa shape index (κ1) is 24.3. The fourth-order valence-corrected chi connectivity index (χ4v) is 5.80. The highest BCUT2D eigenvalue weighted by Crippen LogP contribution is 2.41. The Labute approximate surface area is 199 Å². The summed E-state index contributed by atoms with van der Waals surface area (Å²) >= 11 is 0. The van der Waals surface area contributed by atoms with E-state index in [0.29, 0.717) is 22.3 Å². The molecule has 0 aliphatic heterocycles. The van der Waals surface area contributed by atoms with Gasteiger partial charge in [-0.25, -0.2) is 12.4 Å². The van der Waals surface area contributed by atoms with Gasteiger partial charge in [0, 0.05) is 23.6 Å². The molecule has 10 heteroatoms. The molecule has 1 heterocycles. The number of aromatic nitrogens is 1. The molecule has 0 radical (unpaired) electrons. The van der Waals surface area contributed by atoms with Crippen LogP contribution in [0.1, 0.15) is 17.5 Å². The Morgan fingerprint density at radius 2 is 1.74 bits per heavy atom. The Hall–Kier alpha value is -3.79. The summed E-state index contributed by atoms with van der Waals surface area (Å²) in [5.74, 6) is -0.699. The summed E-state index contributed by atoms with van der Waals surface area (Å²) in [4.78, 5) is 10.3. The second-order valence-electron chi connectivity index (χ2n) is 7.78. The summed E-state index contributed by atoms with van der Waals surface area (Å²) in [6.45, 7) is 0. The third-order valence-corrected chi connectivity index (χ3v) is 7.37. The molecular weight excluding hydrogens is 483 g/mol. The Balaban J connectivity index is 2.04. The number of hydrogen-bond donors (Lipinski definition) is 1. The van der Waals surface area contributed by atoms with Crippen molar-refractivity contribution in [2.75, 3.05) is 7.11 Å². The molecule has 35 heavy (non-hydrogen) atoms. The van der Waals surface area contributed by atoms with E-state index >= 15 is 0 Å². The van der Waals surface area contributed by atoms with Gasteiger partial charge < -0.3 is 9.84 Å². The summed E-state index contributed by atoms with van der Waals surface area (Å²) < 4.78 is 76.0. The van der Waals surface area contributed by atoms with Crippen molar-refractivity contribution in [3.63, 3.8) is 0 Å². The minimum absolute atomic E-state index is 0.0199. The van der Waals surface area contributed by atoms with Gasteiger partial charge in [-0.1, -0.05) is 42.5 Å². The fraction of sp³-hybridized carbons (Fsp3) is 0.160. The van der Waals surface area contributed by atoms with Gasteiger partial charge in [-0.05, 0) is 41.8 Å². The van der Waals surface area contributed by atoms with Crippen LogP contribution in [-0.2, 0) is 27.4 Å². The van der Waals surface area contributed by atoms with E-state index < -0.39 is 32.6 Å². The number of fused-ring (bicyclic) bond motifs is 1. The first-order valence-corrected chi connectivity index (χ1v) is 11.9. The third kappa shape index (κ3) is 4.61. The number of alkyl halides is 3. The molecule has 0 amide bonds. The van der Waals surface area contributed by atoms with Gasteiger partial charge in [0.1, 0.15) is 10.6 Å². The van der Waals surface area contributed by atoms with Crippen LogP contribution in [0.3, 0.4) is 0 Å². The van der Waals surface area contributed by atoms with E-state index in [1.165, 1.54) is 55.8 Å². The molecule has 0 atom stereocenters. The van der Waals surface area contributed by atoms with Crippen LogP contribution in [0.2, 0.25) is 0 Å². The zero-order chi connectivity index (χ0) is 25.4. The van der Waals surface area contributed by atoms with Gasteiger partial charge in [0.15, 0.2) is 0 Å². The molecule has 6 nitrogen and oxygen atoms in total. The fourth-order valence-electron chi connectivity index (χ4n) is 3.99. The minimum Gasteiger partial charge on any atom is -0.497 e. The number of aryl methyl sites for hydroxylation is 1. The number of carboxylic acids is 1. The molecule has 0 unspecified atom stereocenters. The maximum Gasteiger partial charge on any atom is 0.417 e. The number of halogens is 3. The normalized spacial score (nSPS) is 12.1. The van der Waals surface area contributed by atoms with Gasteiger partial charge in [0.05, 0.1) is 18.2 Å². The molecule has 3 aromatic carbocycles. The van der Waals surface area contributed by atoms with Crippen molar-refractivity contribution in [2.24, 2.45) is 0 Å². The smallest absolute Gasteiger partial charge is 0.417 e. The van der Waals surface area contributed by atoms with Crippen molar-refractivity contribution in [3.05, 3.63) is 84.1 Å². The zero-order valence-corrected chi connectivity index (χ0v) is 19.2. The lowest BCUT2D eigenvalue weighted by atomic mass is 10.0. The highest BCUT2D eigenvalue weighted by atomic mass is 32.2. The Kier molecular flexibility index (Phi) is 6.33. The number of methoxy groups -OCH3 is 1. The molecule has 0 fully saturated rings. The number of benzene rings is 3. The van der Waals surface area contributed by atoms with Gasteiger partial charge >= 0.3 is 12.1 Å². The number of carbonyl (C=O) groups is 1. The molecule has 4 rings (SSSR count). The van der Waals surface area contributed by atoms with Crippen molar-refractivity contribution >= 4 is 26.9 Å². The van der Waals surface area contributed by atoms with Crippen LogP contribution in [0.5, 0.6) is 5.75 Å². The second kappa shape index (κ2) is 9.10. The Morgan fingerprint density at radius 3 is 2.37 bits per heavy atom. The van der Waals surface area contributed by atoms with Gasteiger partial charge in [0.25, 0.3) is 10.0 Å². The Morgan fingerprint density at radius 1 is 1.03 bits per heavy atom. The van der Waals surface area contributed by atoms with Crippen LogP contribution in [0, 0.1) is 0 Å². The lowest BCUT2D eigenvalue weighted by Gasteiger charge is -2.18. The maximum absolute atomic E-state index is 14.1. The second-order valence-corrected chi connectivity index (χ2v) is 9.53. The van der Waals surface area contributed by atoms with Gasteiger partial charge in [-0.2, -0.15) is 13.2 Å². The van der Waals surface area contributed by atoms with Gasteiger partial charge in [-0.15, -0.1) is 0 Å². The first-order chi connectivity index (χ1) is 16.5. The van der Waals surface area contributed by atoms with E-state index in [0.717, 1.165) is 10.0 Å². The van der Waals surface area contributed by atoms with E-state index in [1.54, 1.807) is 18.2 Å². The molecule has 0 aliphatic carbocycles. The number of ether oxygens (including phenoxy) is 1.